The van der Waals surface area contributed by atoms with Crippen molar-refractivity contribution in [3.8, 4) is 0 Å². The van der Waals surface area contributed by atoms with Gasteiger partial charge in [0, 0.05) is 12.0 Å². The average Bonchev–Trinajstić information content (AvgIpc) is 2.05. The first-order valence-corrected chi connectivity index (χ1v) is 3.37. The Morgan fingerprint density at radius 1 is 1.50 bits per heavy atom. The number of allylic oxidation sites excluding steroid dienone is 4. The molecule has 0 bridgehead atoms. The summed E-state index contributed by atoms with van der Waals surface area (Å²) < 4.78 is 4.53. The highest BCUT2D eigenvalue weighted by molar-refractivity contribution is 6.33. The molecule has 0 unspecified atom stereocenters. The van der Waals surface area contributed by atoms with E-state index in [0.717, 1.165) is 0 Å². The quantitative estimate of drug-likeness (QED) is 0.431. The van der Waals surface area contributed by atoms with Crippen LogP contribution in [0.15, 0.2) is 29.6 Å². The van der Waals surface area contributed by atoms with Crippen molar-refractivity contribution < 1.29 is 19.5 Å². The zero-order valence-electron chi connectivity index (χ0n) is 6.23. The molecular weight excluding hydrogens is 159 g/mol. The molecule has 0 spiro atoms. The molecule has 0 aliphatic heterocycles. The van der Waals surface area contributed by atoms with Crippen molar-refractivity contribution in [2.75, 3.05) is 0 Å². The van der Waals surface area contributed by atoms with Gasteiger partial charge in [-0.1, -0.05) is 0 Å². The fraction of sp³-hybridized carbons (Fsp3) is 0.143. The predicted molar refractivity (Wildman–Crippen MR) is 42.3 cm³/mol. The highest BCUT2D eigenvalue weighted by atomic mass is 16.6. The van der Waals surface area contributed by atoms with Crippen LogP contribution in [0.1, 0.15) is 6.42 Å². The number of hydrogen-bond acceptors (Lipinski definition) is 4. The van der Waals surface area contributed by atoms with Crippen molar-refractivity contribution in [1.82, 2.24) is 0 Å². The van der Waals surface area contributed by atoms with Gasteiger partial charge in [-0.15, -0.1) is 0 Å². The summed E-state index contributed by atoms with van der Waals surface area (Å²) in [6.45, 7) is 0. The lowest BCUT2D eigenvalue weighted by Gasteiger charge is -2.08. The fourth-order valence-corrected chi connectivity index (χ4v) is 0.814. The maximum atomic E-state index is 10.1. The first-order valence-electron chi connectivity index (χ1n) is 3.37. The van der Waals surface area contributed by atoms with Crippen LogP contribution in [0.3, 0.4) is 0 Å². The van der Waals surface area contributed by atoms with Crippen molar-refractivity contribution in [3.05, 3.63) is 29.6 Å². The van der Waals surface area contributed by atoms with E-state index in [1.165, 1.54) is 12.2 Å². The molecule has 12 heavy (non-hydrogen) atoms. The van der Waals surface area contributed by atoms with Crippen molar-refractivity contribution in [3.63, 3.8) is 0 Å². The molecule has 0 fully saturated rings. The van der Waals surface area contributed by atoms with Crippen LogP contribution in [-0.4, -0.2) is 23.3 Å². The topological polar surface area (TPSA) is 66.8 Å². The molecule has 1 rings (SSSR count). The van der Waals surface area contributed by atoms with Gasteiger partial charge in [-0.05, 0) is 18.2 Å². The Morgan fingerprint density at radius 2 is 2.25 bits per heavy atom. The van der Waals surface area contributed by atoms with Gasteiger partial charge in [0.05, 0.1) is 5.76 Å². The summed E-state index contributed by atoms with van der Waals surface area (Å²) in [6, 6.07) is 0. The molecule has 0 aromatic heterocycles. The molecule has 0 aromatic rings. The zero-order valence-corrected chi connectivity index (χ0v) is 6.23. The third-order valence-corrected chi connectivity index (χ3v) is 1.34. The van der Waals surface area contributed by atoms with Crippen LogP contribution in [0.4, 0.5) is 0 Å². The molecule has 0 heterocycles. The lowest BCUT2D eigenvalue weighted by Crippen LogP contribution is -2.16. The fourth-order valence-electron chi connectivity index (χ4n) is 0.814. The minimum Gasteiger partial charge on any atom is -0.512 e. The van der Waals surface area contributed by atoms with Crippen LogP contribution in [0, 0.1) is 0 Å². The summed E-state index contributed by atoms with van der Waals surface area (Å²) in [4.78, 5) is 10.1. The maximum Gasteiger partial charge on any atom is 0.707 e. The van der Waals surface area contributed by atoms with E-state index in [1.54, 1.807) is 12.0 Å². The molecule has 0 aromatic carbocycles. The van der Waals surface area contributed by atoms with E-state index in [0.29, 0.717) is 17.8 Å². The molecule has 4 nitrogen and oxygen atoms in total. The Hall–Kier alpha value is -1.29. The van der Waals surface area contributed by atoms with Crippen molar-refractivity contribution >= 4 is 13.3 Å². The van der Waals surface area contributed by atoms with Gasteiger partial charge in [0.1, 0.15) is 5.94 Å². The molecule has 0 radical (unpaired) electrons. The minimum absolute atomic E-state index is 0.337. The van der Waals surface area contributed by atoms with Crippen molar-refractivity contribution in [2.24, 2.45) is 0 Å². The Labute approximate surface area is 69.6 Å². The minimum atomic E-state index is -1.82. The van der Waals surface area contributed by atoms with Crippen LogP contribution >= 0.6 is 0 Å². The van der Waals surface area contributed by atoms with Gasteiger partial charge in [-0.25, -0.2) is 4.79 Å². The molecular formula is C7H7BO4. The monoisotopic (exact) mass is 166 g/mol. The molecule has 62 valence electrons. The molecule has 1 aliphatic rings. The van der Waals surface area contributed by atoms with Gasteiger partial charge < -0.3 is 14.7 Å². The second-order valence-corrected chi connectivity index (χ2v) is 2.22. The highest BCUT2D eigenvalue weighted by Crippen LogP contribution is 2.13. The lowest BCUT2D eigenvalue weighted by atomic mass is 10.1. The summed E-state index contributed by atoms with van der Waals surface area (Å²) in [6.07, 6.45) is 4.97. The van der Waals surface area contributed by atoms with Gasteiger partial charge in [-0.2, -0.15) is 0 Å². The molecule has 1 aliphatic carbocycles. The first kappa shape index (κ1) is 8.81. The Bertz CT molecular complexity index is 273. The molecule has 2 N–H and O–H groups in total. The van der Waals surface area contributed by atoms with Crippen LogP contribution in [-0.2, 0) is 9.45 Å². The molecule has 0 saturated heterocycles. The Balaban J connectivity index is 2.58. The van der Waals surface area contributed by atoms with Gasteiger partial charge in [-0.3, -0.25) is 0 Å². The second-order valence-electron chi connectivity index (χ2n) is 2.22. The predicted octanol–water partition coefficient (Wildman–Crippen LogP) is -0.426. The summed E-state index contributed by atoms with van der Waals surface area (Å²) in [5.74, 6) is 2.07. The van der Waals surface area contributed by atoms with Gasteiger partial charge in [0.15, 0.2) is 0 Å². The number of hydrogen-bond donors (Lipinski definition) is 2. The summed E-state index contributed by atoms with van der Waals surface area (Å²) >= 11 is 0. The van der Waals surface area contributed by atoms with E-state index in [4.69, 9.17) is 10.0 Å². The number of carbonyl (C=O) groups excluding carboxylic acids is 1. The van der Waals surface area contributed by atoms with Gasteiger partial charge >= 0.3 is 7.32 Å². The van der Waals surface area contributed by atoms with Crippen molar-refractivity contribution in [2.45, 2.75) is 6.42 Å². The maximum absolute atomic E-state index is 10.1. The van der Waals surface area contributed by atoms with Crippen LogP contribution in [0.5, 0.6) is 0 Å². The zero-order chi connectivity index (χ0) is 8.97. The normalized spacial score (nSPS) is 15.2. The third-order valence-electron chi connectivity index (χ3n) is 1.34. The van der Waals surface area contributed by atoms with Crippen LogP contribution in [0.25, 0.3) is 0 Å². The summed E-state index contributed by atoms with van der Waals surface area (Å²) in [7, 11) is -1.82. The number of rotatable bonds is 2. The van der Waals surface area contributed by atoms with E-state index in [9.17, 15) is 4.79 Å². The SMILES string of the molecule is O=C=C1C=CC(OB(O)O)=CC1. The summed E-state index contributed by atoms with van der Waals surface area (Å²) in [5, 5.41) is 16.8. The van der Waals surface area contributed by atoms with E-state index in [-0.39, 0.29) is 0 Å². The highest BCUT2D eigenvalue weighted by Gasteiger charge is 2.12. The van der Waals surface area contributed by atoms with Gasteiger partial charge in [0.25, 0.3) is 0 Å². The smallest absolute Gasteiger partial charge is 0.512 e. The van der Waals surface area contributed by atoms with Crippen molar-refractivity contribution in [1.29, 1.82) is 0 Å². The standard InChI is InChI=1S/C7H7BO4/c9-5-6-1-3-7(4-2-6)12-8(10)11/h1,3-4,10-11H,2H2. The molecule has 0 amide bonds. The van der Waals surface area contributed by atoms with E-state index < -0.39 is 7.32 Å². The van der Waals surface area contributed by atoms with Crippen LogP contribution < -0.4 is 0 Å². The second kappa shape index (κ2) is 3.92. The Morgan fingerprint density at radius 3 is 2.67 bits per heavy atom. The molecule has 0 saturated carbocycles. The molecule has 0 atom stereocenters. The lowest BCUT2D eigenvalue weighted by molar-refractivity contribution is 0.243. The van der Waals surface area contributed by atoms with E-state index in [1.807, 2.05) is 0 Å². The van der Waals surface area contributed by atoms with Crippen LogP contribution in [0.2, 0.25) is 0 Å². The largest absolute Gasteiger partial charge is 0.707 e. The van der Waals surface area contributed by atoms with E-state index >= 15 is 0 Å². The first-order chi connectivity index (χ1) is 5.72. The average molecular weight is 166 g/mol. The molecule has 5 heteroatoms. The van der Waals surface area contributed by atoms with Gasteiger partial charge in [0.2, 0.25) is 0 Å². The Kier molecular flexibility index (Phi) is 2.88. The summed E-state index contributed by atoms with van der Waals surface area (Å²) in [5.41, 5.74) is 0.509. The third kappa shape index (κ3) is 2.40. The van der Waals surface area contributed by atoms with E-state index in [2.05, 4.69) is 4.65 Å².